The van der Waals surface area contributed by atoms with Gasteiger partial charge in [-0.3, -0.25) is 4.79 Å². The summed E-state index contributed by atoms with van der Waals surface area (Å²) in [6.45, 7) is 8.90. The van der Waals surface area contributed by atoms with Gasteiger partial charge in [-0.25, -0.2) is 0 Å². The topological polar surface area (TPSA) is 54.0 Å². The first kappa shape index (κ1) is 26.5. The first-order valence-corrected chi connectivity index (χ1v) is 13.0. The fraction of sp³-hybridized carbons (Fsp3) is 0.345. The van der Waals surface area contributed by atoms with Gasteiger partial charge < -0.3 is 18.9 Å². The van der Waals surface area contributed by atoms with Crippen LogP contribution < -0.4 is 14.2 Å². The summed E-state index contributed by atoms with van der Waals surface area (Å²) >= 11 is 1.48. The minimum Gasteiger partial charge on any atom is -0.493 e. The predicted molar refractivity (Wildman–Crippen MR) is 141 cm³/mol. The molecule has 1 unspecified atom stereocenters. The third kappa shape index (κ3) is 8.55. The number of thioether (sulfide) groups is 1. The number of rotatable bonds is 13. The van der Waals surface area contributed by atoms with Gasteiger partial charge in [0, 0.05) is 11.3 Å². The van der Waals surface area contributed by atoms with Crippen molar-refractivity contribution in [1.82, 2.24) is 0 Å². The van der Waals surface area contributed by atoms with E-state index in [1.165, 1.54) is 17.3 Å². The smallest absolute Gasteiger partial charge is 0.316 e. The van der Waals surface area contributed by atoms with Crippen LogP contribution in [-0.2, 0) is 16.0 Å². The molecule has 0 bridgehead atoms. The molecule has 0 fully saturated rings. The van der Waals surface area contributed by atoms with Gasteiger partial charge in [0.2, 0.25) is 0 Å². The van der Waals surface area contributed by atoms with Crippen molar-refractivity contribution in [2.45, 2.75) is 51.5 Å². The molecule has 0 heterocycles. The van der Waals surface area contributed by atoms with Crippen LogP contribution in [0.15, 0.2) is 71.6 Å². The highest BCUT2D eigenvalue weighted by molar-refractivity contribution is 8.00. The summed E-state index contributed by atoms with van der Waals surface area (Å²) < 4.78 is 23.3. The van der Waals surface area contributed by atoms with Crippen LogP contribution in [0.3, 0.4) is 0 Å². The summed E-state index contributed by atoms with van der Waals surface area (Å²) in [7, 11) is 0. The second-order valence-electron chi connectivity index (χ2n) is 8.14. The normalized spacial score (nSPS) is 11.5. The van der Waals surface area contributed by atoms with Gasteiger partial charge in [0.05, 0.1) is 25.1 Å². The molecule has 0 spiro atoms. The Morgan fingerprint density at radius 2 is 1.74 bits per heavy atom. The van der Waals surface area contributed by atoms with Gasteiger partial charge in [0.15, 0.2) is 11.5 Å². The second-order valence-corrected chi connectivity index (χ2v) is 9.15. The van der Waals surface area contributed by atoms with E-state index < -0.39 is 0 Å². The molecular formula is C29H34O5S. The minimum atomic E-state index is -0.201. The zero-order chi connectivity index (χ0) is 25.0. The van der Waals surface area contributed by atoms with E-state index in [9.17, 15) is 4.79 Å². The monoisotopic (exact) mass is 494 g/mol. The van der Waals surface area contributed by atoms with Gasteiger partial charge in [-0.15, -0.1) is 11.8 Å². The molecule has 1 atom stereocenters. The average Bonchev–Trinajstić information content (AvgIpc) is 2.85. The summed E-state index contributed by atoms with van der Waals surface area (Å²) in [5.74, 6) is 3.12. The van der Waals surface area contributed by atoms with Crippen LogP contribution in [0.5, 0.6) is 23.0 Å². The van der Waals surface area contributed by atoms with Crippen molar-refractivity contribution in [3.8, 4) is 23.0 Å². The van der Waals surface area contributed by atoms with E-state index in [2.05, 4.69) is 13.0 Å². The SMILES string of the molecule is CCOC(=O)CSc1ccc(OCCC(C)Oc2ccc(CC)cc2Oc2ccccc2)cc1C. The van der Waals surface area contributed by atoms with Crippen molar-refractivity contribution >= 4 is 17.7 Å². The molecule has 3 aromatic carbocycles. The van der Waals surface area contributed by atoms with E-state index in [1.54, 1.807) is 0 Å². The molecule has 5 nitrogen and oxygen atoms in total. The molecular weight excluding hydrogens is 460 g/mol. The van der Waals surface area contributed by atoms with Crippen LogP contribution >= 0.6 is 11.8 Å². The fourth-order valence-electron chi connectivity index (χ4n) is 3.40. The van der Waals surface area contributed by atoms with E-state index in [4.69, 9.17) is 18.9 Å². The predicted octanol–water partition coefficient (Wildman–Crippen LogP) is 7.24. The van der Waals surface area contributed by atoms with Gasteiger partial charge in [-0.1, -0.05) is 31.2 Å². The quantitative estimate of drug-likeness (QED) is 0.184. The standard InChI is InChI=1S/C29H34O5S/c1-5-23-12-14-26(27(19-23)34-24-10-8-7-9-11-24)33-22(4)16-17-32-25-13-15-28(21(3)18-25)35-20-29(30)31-6-2/h7-15,18-19,22H,5-6,16-17,20H2,1-4H3. The molecule has 0 aliphatic rings. The highest BCUT2D eigenvalue weighted by Crippen LogP contribution is 2.34. The maximum Gasteiger partial charge on any atom is 0.316 e. The Kier molecular flexibility index (Phi) is 10.4. The van der Waals surface area contributed by atoms with Crippen molar-refractivity contribution in [2.24, 2.45) is 0 Å². The van der Waals surface area contributed by atoms with E-state index in [-0.39, 0.29) is 12.1 Å². The molecule has 0 aromatic heterocycles. The maximum atomic E-state index is 11.6. The van der Waals surface area contributed by atoms with Crippen molar-refractivity contribution in [1.29, 1.82) is 0 Å². The van der Waals surface area contributed by atoms with Gasteiger partial charge in [0.1, 0.15) is 11.5 Å². The molecule has 35 heavy (non-hydrogen) atoms. The highest BCUT2D eigenvalue weighted by Gasteiger charge is 2.13. The van der Waals surface area contributed by atoms with E-state index >= 15 is 0 Å². The van der Waals surface area contributed by atoms with Gasteiger partial charge in [-0.2, -0.15) is 0 Å². The molecule has 0 amide bonds. The summed E-state index contributed by atoms with van der Waals surface area (Å²) in [5, 5.41) is 0. The summed E-state index contributed by atoms with van der Waals surface area (Å²) in [6.07, 6.45) is 1.59. The maximum absolute atomic E-state index is 11.6. The number of carbonyl (C=O) groups is 1. The molecule has 186 valence electrons. The lowest BCUT2D eigenvalue weighted by Gasteiger charge is -2.19. The van der Waals surface area contributed by atoms with Crippen LogP contribution in [0.1, 0.15) is 38.3 Å². The molecule has 0 aliphatic carbocycles. The first-order chi connectivity index (χ1) is 17.0. The van der Waals surface area contributed by atoms with Crippen molar-refractivity contribution in [3.05, 3.63) is 77.9 Å². The number of carbonyl (C=O) groups excluding carboxylic acids is 1. The van der Waals surface area contributed by atoms with Crippen molar-refractivity contribution in [3.63, 3.8) is 0 Å². The summed E-state index contributed by atoms with van der Waals surface area (Å²) in [6, 6.07) is 21.7. The van der Waals surface area contributed by atoms with Gasteiger partial charge in [-0.05, 0) is 80.8 Å². The van der Waals surface area contributed by atoms with Crippen molar-refractivity contribution < 1.29 is 23.7 Å². The molecule has 0 aliphatic heterocycles. The minimum absolute atomic E-state index is 0.0545. The molecule has 0 saturated heterocycles. The fourth-order valence-corrected chi connectivity index (χ4v) is 4.20. The first-order valence-electron chi connectivity index (χ1n) is 12.0. The highest BCUT2D eigenvalue weighted by atomic mass is 32.2. The summed E-state index contributed by atoms with van der Waals surface area (Å²) in [5.41, 5.74) is 2.26. The van der Waals surface area contributed by atoms with Crippen LogP contribution in [0.4, 0.5) is 0 Å². The number of para-hydroxylation sites is 1. The molecule has 0 N–H and O–H groups in total. The molecule has 6 heteroatoms. The summed E-state index contributed by atoms with van der Waals surface area (Å²) in [4.78, 5) is 12.6. The third-order valence-electron chi connectivity index (χ3n) is 5.31. The Morgan fingerprint density at radius 3 is 2.46 bits per heavy atom. The lowest BCUT2D eigenvalue weighted by molar-refractivity contribution is -0.139. The number of esters is 1. The number of aryl methyl sites for hydroxylation is 2. The molecule has 3 rings (SSSR count). The number of benzene rings is 3. The van der Waals surface area contributed by atoms with Gasteiger partial charge in [0.25, 0.3) is 0 Å². The number of ether oxygens (including phenoxy) is 4. The molecule has 3 aromatic rings. The van der Waals surface area contributed by atoms with E-state index in [1.807, 2.05) is 81.4 Å². The zero-order valence-electron chi connectivity index (χ0n) is 20.9. The Hall–Kier alpha value is -3.12. The Balaban J connectivity index is 1.53. The van der Waals surface area contributed by atoms with Crippen molar-refractivity contribution in [2.75, 3.05) is 19.0 Å². The zero-order valence-corrected chi connectivity index (χ0v) is 21.7. The largest absolute Gasteiger partial charge is 0.493 e. The third-order valence-corrected chi connectivity index (χ3v) is 6.45. The molecule has 0 radical (unpaired) electrons. The lowest BCUT2D eigenvalue weighted by atomic mass is 10.1. The lowest BCUT2D eigenvalue weighted by Crippen LogP contribution is -2.16. The van der Waals surface area contributed by atoms with Crippen LogP contribution in [0.25, 0.3) is 0 Å². The van der Waals surface area contributed by atoms with E-state index in [0.717, 1.165) is 46.3 Å². The Labute approximate surface area is 212 Å². The number of hydrogen-bond acceptors (Lipinski definition) is 6. The number of hydrogen-bond donors (Lipinski definition) is 0. The Morgan fingerprint density at radius 1 is 0.943 bits per heavy atom. The average molecular weight is 495 g/mol. The van der Waals surface area contributed by atoms with E-state index in [0.29, 0.717) is 19.0 Å². The van der Waals surface area contributed by atoms with Crippen LogP contribution in [0.2, 0.25) is 0 Å². The molecule has 0 saturated carbocycles. The van der Waals surface area contributed by atoms with Crippen LogP contribution in [-0.4, -0.2) is 31.0 Å². The second kappa shape index (κ2) is 13.7. The van der Waals surface area contributed by atoms with Gasteiger partial charge >= 0.3 is 5.97 Å². The van der Waals surface area contributed by atoms with Crippen LogP contribution in [0, 0.1) is 6.92 Å². The Bertz CT molecular complexity index is 1080.